The van der Waals surface area contributed by atoms with Crippen molar-refractivity contribution >= 4 is 28.6 Å². The number of carbonyl (C=O) groups is 1. The van der Waals surface area contributed by atoms with Crippen molar-refractivity contribution in [2.24, 2.45) is 0 Å². The minimum atomic E-state index is -1.27. The van der Waals surface area contributed by atoms with Crippen LogP contribution in [0.25, 0.3) is 15.9 Å². The van der Waals surface area contributed by atoms with Crippen LogP contribution in [0.3, 0.4) is 0 Å². The maximum Gasteiger partial charge on any atom is 0.229 e. The molecule has 1 aliphatic carbocycles. The molecule has 0 bridgehead atoms. The quantitative estimate of drug-likeness (QED) is 0.613. The molecule has 148 valence electrons. The topological polar surface area (TPSA) is 71.5 Å². The fourth-order valence-electron chi connectivity index (χ4n) is 3.84. The molecule has 2 N–H and O–H groups in total. The number of nitrogens with zero attached hydrogens (tertiary/aromatic N) is 3. The van der Waals surface area contributed by atoms with Crippen LogP contribution in [0.2, 0.25) is 0 Å². The van der Waals surface area contributed by atoms with Gasteiger partial charge < -0.3 is 9.67 Å². The molecule has 1 atom stereocenters. The Morgan fingerprint density at radius 3 is 2.69 bits per heavy atom. The minimum Gasteiger partial charge on any atom is -0.385 e. The summed E-state index contributed by atoms with van der Waals surface area (Å²) in [7, 11) is 0. The summed E-state index contributed by atoms with van der Waals surface area (Å²) in [5.74, 6) is 0.192. The van der Waals surface area contributed by atoms with E-state index in [2.05, 4.69) is 15.1 Å². The fraction of sp³-hybridized carbons (Fsp3) is 0.348. The Kier molecular flexibility index (Phi) is 4.85. The number of anilines is 1. The number of aryl methyl sites for hydroxylation is 1. The van der Waals surface area contributed by atoms with E-state index in [0.29, 0.717) is 17.2 Å². The lowest BCUT2D eigenvalue weighted by Gasteiger charge is -2.29. The number of hydrogen-bond acceptors (Lipinski definition) is 3. The summed E-state index contributed by atoms with van der Waals surface area (Å²) in [4.78, 5) is 21.0. The van der Waals surface area contributed by atoms with Gasteiger partial charge in [0.25, 0.3) is 0 Å². The molecule has 2 aromatic carbocycles. The summed E-state index contributed by atoms with van der Waals surface area (Å²) in [5.41, 5.74) is 2.54. The van der Waals surface area contributed by atoms with E-state index in [9.17, 15) is 9.90 Å². The molecule has 0 spiro atoms. The number of imidazole rings is 1. The molecule has 4 rings (SSSR count). The van der Waals surface area contributed by atoms with Crippen LogP contribution in [0.1, 0.15) is 49.8 Å². The highest BCUT2D eigenvalue weighted by molar-refractivity contribution is 5.93. The zero-order chi connectivity index (χ0) is 20.6. The first-order valence-corrected chi connectivity index (χ1v) is 9.87. The first-order chi connectivity index (χ1) is 13.9. The Balaban J connectivity index is 1.65. The SMILES string of the molecule is [C-]#[N+]c1cc2c(cc1C)nc(NC(=O)C[C@@](C)(O)c1ccccc1)n2C1CCC1. The van der Waals surface area contributed by atoms with Gasteiger partial charge in [0.1, 0.15) is 0 Å². The van der Waals surface area contributed by atoms with Crippen molar-refractivity contribution in [1.29, 1.82) is 0 Å². The molecule has 1 aliphatic rings. The molecule has 1 fully saturated rings. The number of aliphatic hydroxyl groups is 1. The predicted molar refractivity (Wildman–Crippen MR) is 113 cm³/mol. The molecular weight excluding hydrogens is 364 g/mol. The third kappa shape index (κ3) is 3.62. The lowest BCUT2D eigenvalue weighted by Crippen LogP contribution is -2.30. The largest absolute Gasteiger partial charge is 0.385 e. The van der Waals surface area contributed by atoms with Gasteiger partial charge in [-0.2, -0.15) is 0 Å². The number of nitrogens with one attached hydrogen (secondary N) is 1. The van der Waals surface area contributed by atoms with E-state index >= 15 is 0 Å². The highest BCUT2D eigenvalue weighted by Crippen LogP contribution is 2.39. The molecule has 0 aliphatic heterocycles. The van der Waals surface area contributed by atoms with Crippen LogP contribution >= 0.6 is 0 Å². The van der Waals surface area contributed by atoms with E-state index in [-0.39, 0.29) is 18.4 Å². The van der Waals surface area contributed by atoms with Crippen LogP contribution in [0.5, 0.6) is 0 Å². The minimum absolute atomic E-state index is 0.0722. The molecule has 6 heteroatoms. The summed E-state index contributed by atoms with van der Waals surface area (Å²) < 4.78 is 2.04. The summed E-state index contributed by atoms with van der Waals surface area (Å²) in [6, 6.07) is 13.2. The van der Waals surface area contributed by atoms with Crippen LogP contribution in [0, 0.1) is 13.5 Å². The number of benzene rings is 2. The van der Waals surface area contributed by atoms with E-state index < -0.39 is 5.60 Å². The zero-order valence-corrected chi connectivity index (χ0v) is 16.6. The summed E-state index contributed by atoms with van der Waals surface area (Å²) >= 11 is 0. The van der Waals surface area contributed by atoms with Crippen LogP contribution in [-0.4, -0.2) is 20.6 Å². The smallest absolute Gasteiger partial charge is 0.229 e. The second-order valence-corrected chi connectivity index (χ2v) is 7.99. The number of rotatable bonds is 5. The highest BCUT2D eigenvalue weighted by atomic mass is 16.3. The van der Waals surface area contributed by atoms with Crippen LogP contribution < -0.4 is 5.32 Å². The van der Waals surface area contributed by atoms with E-state index in [1.807, 2.05) is 54.0 Å². The Bertz CT molecular complexity index is 1110. The first-order valence-electron chi connectivity index (χ1n) is 9.87. The predicted octanol–water partition coefficient (Wildman–Crippen LogP) is 4.86. The van der Waals surface area contributed by atoms with Gasteiger partial charge in [0.05, 0.1) is 29.6 Å². The van der Waals surface area contributed by atoms with Crippen LogP contribution in [-0.2, 0) is 10.4 Å². The molecule has 6 nitrogen and oxygen atoms in total. The standard InChI is InChI=1S/C23H24N4O2/c1-15-12-19-20(13-18(15)24-3)27(17-10-7-11-17)22(25-19)26-21(28)14-23(2,29)16-8-5-4-6-9-16/h4-6,8-9,12-13,17,29H,7,10-11,14H2,1-2H3,(H,25,26,28)/t23-/m1/s1. The van der Waals surface area contributed by atoms with Crippen molar-refractivity contribution in [1.82, 2.24) is 9.55 Å². The highest BCUT2D eigenvalue weighted by Gasteiger charge is 2.29. The number of amides is 1. The lowest BCUT2D eigenvalue weighted by atomic mass is 9.92. The number of fused-ring (bicyclic) bond motifs is 1. The molecule has 1 amide bonds. The van der Waals surface area contributed by atoms with Gasteiger partial charge in [-0.25, -0.2) is 9.83 Å². The van der Waals surface area contributed by atoms with Gasteiger partial charge >= 0.3 is 0 Å². The molecule has 29 heavy (non-hydrogen) atoms. The third-order valence-electron chi connectivity index (χ3n) is 5.72. The molecule has 1 saturated carbocycles. The van der Waals surface area contributed by atoms with E-state index in [4.69, 9.17) is 6.57 Å². The van der Waals surface area contributed by atoms with Gasteiger partial charge in [-0.15, -0.1) is 0 Å². The average molecular weight is 388 g/mol. The van der Waals surface area contributed by atoms with Gasteiger partial charge in [-0.3, -0.25) is 10.1 Å². The Hall–Kier alpha value is -3.17. The van der Waals surface area contributed by atoms with Crippen molar-refractivity contribution in [2.75, 3.05) is 5.32 Å². The zero-order valence-electron chi connectivity index (χ0n) is 16.6. The first kappa shape index (κ1) is 19.2. The molecule has 0 radical (unpaired) electrons. The third-order valence-corrected chi connectivity index (χ3v) is 5.72. The van der Waals surface area contributed by atoms with Crippen LogP contribution in [0.15, 0.2) is 42.5 Å². The van der Waals surface area contributed by atoms with Gasteiger partial charge in [-0.1, -0.05) is 30.3 Å². The van der Waals surface area contributed by atoms with Crippen molar-refractivity contribution in [3.05, 3.63) is 65.0 Å². The van der Waals surface area contributed by atoms with E-state index in [1.54, 1.807) is 6.92 Å². The van der Waals surface area contributed by atoms with Crippen molar-refractivity contribution in [2.45, 2.75) is 51.2 Å². The fourth-order valence-corrected chi connectivity index (χ4v) is 3.84. The number of carbonyl (C=O) groups excluding carboxylic acids is 1. The Morgan fingerprint density at radius 1 is 1.34 bits per heavy atom. The van der Waals surface area contributed by atoms with Crippen molar-refractivity contribution in [3.8, 4) is 0 Å². The van der Waals surface area contributed by atoms with Gasteiger partial charge in [0.15, 0.2) is 5.69 Å². The van der Waals surface area contributed by atoms with E-state index in [1.165, 1.54) is 0 Å². The number of aromatic nitrogens is 2. The Labute approximate surface area is 170 Å². The van der Waals surface area contributed by atoms with Crippen molar-refractivity contribution in [3.63, 3.8) is 0 Å². The lowest BCUT2D eigenvalue weighted by molar-refractivity contribution is -0.120. The second-order valence-electron chi connectivity index (χ2n) is 7.99. The summed E-state index contributed by atoms with van der Waals surface area (Å²) in [5, 5.41) is 13.7. The van der Waals surface area contributed by atoms with Crippen molar-refractivity contribution < 1.29 is 9.90 Å². The molecule has 1 heterocycles. The van der Waals surface area contributed by atoms with E-state index in [0.717, 1.165) is 35.9 Å². The summed E-state index contributed by atoms with van der Waals surface area (Å²) in [6.45, 7) is 10.9. The van der Waals surface area contributed by atoms with Gasteiger partial charge in [-0.05, 0) is 56.4 Å². The molecule has 0 unspecified atom stereocenters. The maximum atomic E-state index is 12.8. The average Bonchev–Trinajstić information content (AvgIpc) is 2.96. The second kappa shape index (κ2) is 7.34. The van der Waals surface area contributed by atoms with Gasteiger partial charge in [0.2, 0.25) is 11.9 Å². The number of hydrogen-bond donors (Lipinski definition) is 2. The van der Waals surface area contributed by atoms with Gasteiger partial charge in [0, 0.05) is 6.04 Å². The Morgan fingerprint density at radius 2 is 2.07 bits per heavy atom. The summed E-state index contributed by atoms with van der Waals surface area (Å²) in [6.07, 6.45) is 3.12. The maximum absolute atomic E-state index is 12.8. The normalized spacial score (nSPS) is 16.1. The molecule has 0 saturated heterocycles. The molecular formula is C23H24N4O2. The van der Waals surface area contributed by atoms with Crippen LogP contribution in [0.4, 0.5) is 11.6 Å². The monoisotopic (exact) mass is 388 g/mol. The molecule has 3 aromatic rings. The molecule has 1 aromatic heterocycles.